The van der Waals surface area contributed by atoms with E-state index < -0.39 is 0 Å². The van der Waals surface area contributed by atoms with Crippen LogP contribution in [0.3, 0.4) is 0 Å². The first-order valence-electron chi connectivity index (χ1n) is 6.37. The molecule has 3 N–H and O–H groups in total. The normalized spacial score (nSPS) is 14.1. The fourth-order valence-corrected chi connectivity index (χ4v) is 2.28. The first kappa shape index (κ1) is 11.8. The van der Waals surface area contributed by atoms with Gasteiger partial charge in [-0.3, -0.25) is 0 Å². The molecular weight excluding hydrogens is 244 g/mol. The summed E-state index contributed by atoms with van der Waals surface area (Å²) in [6.07, 6.45) is 3.28. The van der Waals surface area contributed by atoms with Crippen LogP contribution >= 0.6 is 0 Å². The number of phenols is 1. The summed E-state index contributed by atoms with van der Waals surface area (Å²) in [7, 11) is 0. The summed E-state index contributed by atoms with van der Waals surface area (Å²) < 4.78 is 7.72. The molecule has 0 amide bonds. The molecule has 0 atom stereocenters. The van der Waals surface area contributed by atoms with Gasteiger partial charge in [-0.25, -0.2) is 0 Å². The number of hydrogen-bond donors (Lipinski definition) is 2. The molecule has 6 nitrogen and oxygen atoms in total. The largest absolute Gasteiger partial charge is 0.506 e. The SMILES string of the molecule is Nc1c(O)cccc1OCc1nnc2n1CCCC2. The molecule has 0 fully saturated rings. The lowest BCUT2D eigenvalue weighted by Gasteiger charge is -2.15. The Morgan fingerprint density at radius 2 is 2.21 bits per heavy atom. The molecule has 0 aliphatic carbocycles. The van der Waals surface area contributed by atoms with Gasteiger partial charge >= 0.3 is 0 Å². The Morgan fingerprint density at radius 1 is 1.32 bits per heavy atom. The molecule has 0 spiro atoms. The first-order valence-corrected chi connectivity index (χ1v) is 6.37. The fraction of sp³-hybridized carbons (Fsp3) is 0.385. The van der Waals surface area contributed by atoms with Crippen LogP contribution in [0.1, 0.15) is 24.5 Å². The number of nitrogen functional groups attached to an aromatic ring is 1. The number of hydrogen-bond acceptors (Lipinski definition) is 5. The maximum atomic E-state index is 9.51. The number of aryl methyl sites for hydroxylation is 1. The predicted molar refractivity (Wildman–Crippen MR) is 69.8 cm³/mol. The van der Waals surface area contributed by atoms with Crippen molar-refractivity contribution < 1.29 is 9.84 Å². The van der Waals surface area contributed by atoms with Crippen LogP contribution in [-0.2, 0) is 19.6 Å². The van der Waals surface area contributed by atoms with E-state index in [0.717, 1.165) is 31.0 Å². The highest BCUT2D eigenvalue weighted by molar-refractivity contribution is 5.61. The molecule has 0 saturated carbocycles. The van der Waals surface area contributed by atoms with Crippen molar-refractivity contribution in [2.24, 2.45) is 0 Å². The van der Waals surface area contributed by atoms with Gasteiger partial charge in [-0.15, -0.1) is 10.2 Å². The Hall–Kier alpha value is -2.24. The number of para-hydroxylation sites is 1. The van der Waals surface area contributed by atoms with E-state index in [2.05, 4.69) is 14.8 Å². The molecule has 0 saturated heterocycles. The van der Waals surface area contributed by atoms with E-state index >= 15 is 0 Å². The van der Waals surface area contributed by atoms with E-state index in [1.807, 2.05) is 0 Å². The summed E-state index contributed by atoms with van der Waals surface area (Å²) in [6.45, 7) is 1.25. The van der Waals surface area contributed by atoms with Crippen LogP contribution in [0, 0.1) is 0 Å². The molecule has 2 aromatic rings. The van der Waals surface area contributed by atoms with Crippen LogP contribution in [0.4, 0.5) is 5.69 Å². The van der Waals surface area contributed by atoms with Crippen molar-refractivity contribution >= 4 is 5.69 Å². The average Bonchev–Trinajstić information content (AvgIpc) is 2.84. The summed E-state index contributed by atoms with van der Waals surface area (Å²) >= 11 is 0. The number of ether oxygens (including phenoxy) is 1. The monoisotopic (exact) mass is 260 g/mol. The lowest BCUT2D eigenvalue weighted by molar-refractivity contribution is 0.286. The summed E-state index contributed by atoms with van der Waals surface area (Å²) in [5.41, 5.74) is 5.99. The summed E-state index contributed by atoms with van der Waals surface area (Å²) in [4.78, 5) is 0. The molecule has 1 aliphatic heterocycles. The van der Waals surface area contributed by atoms with E-state index in [1.54, 1.807) is 12.1 Å². The van der Waals surface area contributed by atoms with Crippen molar-refractivity contribution in [2.75, 3.05) is 5.73 Å². The molecule has 3 rings (SSSR count). The minimum atomic E-state index is 0.0285. The third-order valence-electron chi connectivity index (χ3n) is 3.34. The number of aromatic hydroxyl groups is 1. The Kier molecular flexibility index (Phi) is 2.98. The molecule has 1 aromatic carbocycles. The number of nitrogens with two attached hydrogens (primary N) is 1. The van der Waals surface area contributed by atoms with E-state index in [4.69, 9.17) is 10.5 Å². The highest BCUT2D eigenvalue weighted by atomic mass is 16.5. The number of rotatable bonds is 3. The van der Waals surface area contributed by atoms with Crippen LogP contribution in [0.25, 0.3) is 0 Å². The molecule has 6 heteroatoms. The molecule has 19 heavy (non-hydrogen) atoms. The highest BCUT2D eigenvalue weighted by Gasteiger charge is 2.16. The van der Waals surface area contributed by atoms with Gasteiger partial charge < -0.3 is 20.1 Å². The van der Waals surface area contributed by atoms with E-state index in [0.29, 0.717) is 12.4 Å². The smallest absolute Gasteiger partial charge is 0.171 e. The maximum absolute atomic E-state index is 9.51. The van der Waals surface area contributed by atoms with Gasteiger partial charge in [-0.2, -0.15) is 0 Å². The second-order valence-corrected chi connectivity index (χ2v) is 4.62. The van der Waals surface area contributed by atoms with Gasteiger partial charge in [-0.1, -0.05) is 6.07 Å². The lowest BCUT2D eigenvalue weighted by atomic mass is 10.2. The van der Waals surface area contributed by atoms with Crippen LogP contribution in [-0.4, -0.2) is 19.9 Å². The zero-order valence-corrected chi connectivity index (χ0v) is 10.5. The van der Waals surface area contributed by atoms with Crippen molar-refractivity contribution in [2.45, 2.75) is 32.4 Å². The number of benzene rings is 1. The number of aromatic nitrogens is 3. The number of nitrogens with zero attached hydrogens (tertiary/aromatic N) is 3. The fourth-order valence-electron chi connectivity index (χ4n) is 2.28. The van der Waals surface area contributed by atoms with Gasteiger partial charge in [0.1, 0.15) is 29.6 Å². The second kappa shape index (κ2) is 4.79. The van der Waals surface area contributed by atoms with Gasteiger partial charge in [0.2, 0.25) is 0 Å². The number of anilines is 1. The van der Waals surface area contributed by atoms with Crippen molar-refractivity contribution in [3.8, 4) is 11.5 Å². The minimum Gasteiger partial charge on any atom is -0.506 e. The van der Waals surface area contributed by atoms with Crippen molar-refractivity contribution in [1.29, 1.82) is 0 Å². The van der Waals surface area contributed by atoms with Crippen molar-refractivity contribution in [3.05, 3.63) is 29.8 Å². The van der Waals surface area contributed by atoms with E-state index in [1.165, 1.54) is 12.5 Å². The Bertz CT molecular complexity index is 594. The van der Waals surface area contributed by atoms with Gasteiger partial charge in [0.05, 0.1) is 0 Å². The minimum absolute atomic E-state index is 0.0285. The molecule has 0 radical (unpaired) electrons. The van der Waals surface area contributed by atoms with Crippen LogP contribution in [0.2, 0.25) is 0 Å². The number of phenolic OH excluding ortho intramolecular Hbond substituents is 1. The van der Waals surface area contributed by atoms with Gasteiger partial charge in [0.15, 0.2) is 5.82 Å². The molecule has 0 bridgehead atoms. The third kappa shape index (κ3) is 2.21. The molecular formula is C13H16N4O2. The van der Waals surface area contributed by atoms with Gasteiger partial charge in [-0.05, 0) is 25.0 Å². The lowest BCUT2D eigenvalue weighted by Crippen LogP contribution is -2.14. The Morgan fingerprint density at radius 3 is 3.11 bits per heavy atom. The molecule has 0 unspecified atom stereocenters. The van der Waals surface area contributed by atoms with Crippen molar-refractivity contribution in [1.82, 2.24) is 14.8 Å². The molecule has 2 heterocycles. The van der Waals surface area contributed by atoms with Gasteiger partial charge in [0, 0.05) is 13.0 Å². The van der Waals surface area contributed by atoms with Crippen LogP contribution < -0.4 is 10.5 Å². The average molecular weight is 260 g/mol. The molecule has 1 aromatic heterocycles. The zero-order valence-electron chi connectivity index (χ0n) is 10.5. The maximum Gasteiger partial charge on any atom is 0.171 e. The predicted octanol–water partition coefficient (Wildman–Crippen LogP) is 1.48. The molecule has 1 aliphatic rings. The third-order valence-corrected chi connectivity index (χ3v) is 3.34. The standard InChI is InChI=1S/C13H16N4O2/c14-13-9(18)4-3-5-10(13)19-8-12-16-15-11-6-1-2-7-17(11)12/h3-5,18H,1-2,6-8,14H2. The second-order valence-electron chi connectivity index (χ2n) is 4.62. The summed E-state index contributed by atoms with van der Waals surface area (Å²) in [5, 5.41) is 17.8. The van der Waals surface area contributed by atoms with E-state index in [9.17, 15) is 5.11 Å². The van der Waals surface area contributed by atoms with Crippen LogP contribution in [0.15, 0.2) is 18.2 Å². The topological polar surface area (TPSA) is 86.2 Å². The number of fused-ring (bicyclic) bond motifs is 1. The summed E-state index contributed by atoms with van der Waals surface area (Å²) in [6, 6.07) is 4.95. The van der Waals surface area contributed by atoms with Crippen molar-refractivity contribution in [3.63, 3.8) is 0 Å². The Balaban J connectivity index is 1.76. The zero-order chi connectivity index (χ0) is 13.2. The van der Waals surface area contributed by atoms with E-state index in [-0.39, 0.29) is 11.4 Å². The molecule has 100 valence electrons. The summed E-state index contributed by atoms with van der Waals surface area (Å²) in [5.74, 6) is 2.32. The van der Waals surface area contributed by atoms with Crippen LogP contribution in [0.5, 0.6) is 11.5 Å². The first-order chi connectivity index (χ1) is 9.25. The van der Waals surface area contributed by atoms with Gasteiger partial charge in [0.25, 0.3) is 0 Å². The quantitative estimate of drug-likeness (QED) is 0.645. The Labute approximate surface area is 110 Å². The highest BCUT2D eigenvalue weighted by Crippen LogP contribution is 2.30.